The fraction of sp³-hybridized carbons (Fsp3) is 0.400. The molecule has 1 N–H and O–H groups in total. The molecule has 1 spiro atoms. The minimum absolute atomic E-state index is 0.0323. The Bertz CT molecular complexity index is 1150. The number of imide groups is 2. The number of amides is 4. The van der Waals surface area contributed by atoms with Crippen molar-refractivity contribution in [2.75, 3.05) is 23.5 Å². The number of para-hydroxylation sites is 1. The molecule has 4 atom stereocenters. The Labute approximate surface area is 191 Å². The van der Waals surface area contributed by atoms with Crippen LogP contribution in [-0.4, -0.2) is 37.5 Å². The second-order valence-corrected chi connectivity index (χ2v) is 9.41. The molecule has 2 fully saturated rings. The molecule has 33 heavy (non-hydrogen) atoms. The van der Waals surface area contributed by atoms with Gasteiger partial charge < -0.3 is 9.64 Å². The third-order valence-electron chi connectivity index (χ3n) is 7.23. The van der Waals surface area contributed by atoms with Crippen LogP contribution >= 0.6 is 0 Å². The largest absolute Gasteiger partial charge is 0.497 e. The number of barbiturate groups is 1. The molecule has 0 aliphatic carbocycles. The van der Waals surface area contributed by atoms with Crippen LogP contribution in [0.4, 0.5) is 20.6 Å². The summed E-state index contributed by atoms with van der Waals surface area (Å²) >= 11 is 0. The van der Waals surface area contributed by atoms with Crippen LogP contribution in [-0.2, 0) is 16.0 Å². The van der Waals surface area contributed by atoms with Crippen molar-refractivity contribution in [2.45, 2.75) is 32.7 Å². The number of urea groups is 1. The number of halogens is 1. The van der Waals surface area contributed by atoms with E-state index < -0.39 is 29.3 Å². The van der Waals surface area contributed by atoms with Gasteiger partial charge in [-0.1, -0.05) is 26.0 Å². The molecule has 7 nitrogen and oxygen atoms in total. The third kappa shape index (κ3) is 3.03. The molecule has 0 aromatic heterocycles. The van der Waals surface area contributed by atoms with Crippen molar-refractivity contribution >= 4 is 29.2 Å². The van der Waals surface area contributed by atoms with Gasteiger partial charge in [0, 0.05) is 6.54 Å². The summed E-state index contributed by atoms with van der Waals surface area (Å²) in [6.45, 7) is 4.61. The van der Waals surface area contributed by atoms with Crippen LogP contribution < -0.4 is 19.9 Å². The van der Waals surface area contributed by atoms with Gasteiger partial charge in [0.15, 0.2) is 5.41 Å². The highest BCUT2D eigenvalue weighted by Gasteiger charge is 2.64. The van der Waals surface area contributed by atoms with E-state index in [0.29, 0.717) is 29.2 Å². The number of carbonyl (C=O) groups is 3. The summed E-state index contributed by atoms with van der Waals surface area (Å²) in [6, 6.07) is 9.94. The van der Waals surface area contributed by atoms with Gasteiger partial charge in [-0.2, -0.15) is 0 Å². The quantitative estimate of drug-likeness (QED) is 0.707. The summed E-state index contributed by atoms with van der Waals surface area (Å²) in [5.41, 5.74) is -0.146. The monoisotopic (exact) mass is 451 g/mol. The topological polar surface area (TPSA) is 79.0 Å². The smallest absolute Gasteiger partial charge is 0.335 e. The normalized spacial score (nSPS) is 29.0. The minimum atomic E-state index is -1.55. The van der Waals surface area contributed by atoms with Gasteiger partial charge in [0.2, 0.25) is 5.91 Å². The molecule has 2 aromatic rings. The zero-order valence-corrected chi connectivity index (χ0v) is 18.8. The Morgan fingerprint density at radius 1 is 1.09 bits per heavy atom. The Morgan fingerprint density at radius 2 is 1.82 bits per heavy atom. The third-order valence-corrected chi connectivity index (χ3v) is 7.23. The first-order valence-corrected chi connectivity index (χ1v) is 11.2. The van der Waals surface area contributed by atoms with Crippen LogP contribution in [0.3, 0.4) is 0 Å². The zero-order valence-electron chi connectivity index (χ0n) is 18.8. The standard InChI is InChI=1S/C25H26FN3O4/c1-14-11-15(2)21-25(12-16-5-4-6-19(26)20(16)28(21)13-14)22(30)27-24(32)29(23(25)31)17-7-9-18(33-3)10-8-17/h4-10,14-15,21H,11-13H2,1-3H3,(H,27,30,32)/t14-,15-,21-,25-/m1/s1. The van der Waals surface area contributed by atoms with Crippen LogP contribution in [0.15, 0.2) is 42.5 Å². The molecular weight excluding hydrogens is 425 g/mol. The zero-order chi connectivity index (χ0) is 23.5. The molecule has 8 heteroatoms. The number of carbonyl (C=O) groups excluding carboxylic acids is 3. The maximum absolute atomic E-state index is 15.0. The highest BCUT2D eigenvalue weighted by atomic mass is 19.1. The minimum Gasteiger partial charge on any atom is -0.497 e. The fourth-order valence-corrected chi connectivity index (χ4v) is 6.04. The maximum atomic E-state index is 15.0. The number of anilines is 2. The average molecular weight is 451 g/mol. The van der Waals surface area contributed by atoms with E-state index in [0.717, 1.165) is 11.3 Å². The van der Waals surface area contributed by atoms with Crippen molar-refractivity contribution in [1.29, 1.82) is 0 Å². The molecule has 3 aliphatic heterocycles. The molecule has 3 aliphatic rings. The molecule has 2 saturated heterocycles. The first-order chi connectivity index (χ1) is 15.8. The summed E-state index contributed by atoms with van der Waals surface area (Å²) in [5, 5.41) is 2.43. The Balaban J connectivity index is 1.68. The van der Waals surface area contributed by atoms with Crippen LogP contribution in [0, 0.1) is 23.1 Å². The number of fused-ring (bicyclic) bond motifs is 4. The van der Waals surface area contributed by atoms with E-state index in [1.807, 2.05) is 11.8 Å². The van der Waals surface area contributed by atoms with Gasteiger partial charge >= 0.3 is 6.03 Å². The van der Waals surface area contributed by atoms with Crippen LogP contribution in [0.25, 0.3) is 0 Å². The summed E-state index contributed by atoms with van der Waals surface area (Å²) in [7, 11) is 1.53. The van der Waals surface area contributed by atoms with Crippen LogP contribution in [0.1, 0.15) is 25.8 Å². The number of methoxy groups -OCH3 is 1. The van der Waals surface area contributed by atoms with Crippen molar-refractivity contribution in [1.82, 2.24) is 5.32 Å². The van der Waals surface area contributed by atoms with Gasteiger partial charge in [0.1, 0.15) is 11.6 Å². The van der Waals surface area contributed by atoms with Crippen LogP contribution in [0.5, 0.6) is 5.75 Å². The molecule has 0 unspecified atom stereocenters. The summed E-state index contributed by atoms with van der Waals surface area (Å²) < 4.78 is 20.2. The molecule has 3 heterocycles. The van der Waals surface area contributed by atoms with Gasteiger partial charge in [-0.25, -0.2) is 14.1 Å². The van der Waals surface area contributed by atoms with Gasteiger partial charge in [0.05, 0.1) is 24.5 Å². The fourth-order valence-electron chi connectivity index (χ4n) is 6.04. The predicted molar refractivity (Wildman–Crippen MR) is 121 cm³/mol. The van der Waals surface area contributed by atoms with E-state index in [1.54, 1.807) is 36.4 Å². The van der Waals surface area contributed by atoms with E-state index in [1.165, 1.54) is 13.2 Å². The lowest BCUT2D eigenvalue weighted by Crippen LogP contribution is -2.74. The Hall–Kier alpha value is -3.42. The number of nitrogens with zero attached hydrogens (tertiary/aromatic N) is 2. The molecule has 5 rings (SSSR count). The Morgan fingerprint density at radius 3 is 2.52 bits per heavy atom. The maximum Gasteiger partial charge on any atom is 0.335 e. The van der Waals surface area contributed by atoms with E-state index in [-0.39, 0.29) is 24.1 Å². The first-order valence-electron chi connectivity index (χ1n) is 11.2. The predicted octanol–water partition coefficient (Wildman–Crippen LogP) is 3.51. The summed E-state index contributed by atoms with van der Waals surface area (Å²) in [4.78, 5) is 43.5. The summed E-state index contributed by atoms with van der Waals surface area (Å²) in [5.74, 6) is -0.777. The van der Waals surface area contributed by atoms with Gasteiger partial charge in [-0.05, 0) is 60.6 Å². The lowest BCUT2D eigenvalue weighted by molar-refractivity contribution is -0.146. The van der Waals surface area contributed by atoms with Gasteiger partial charge in [0.25, 0.3) is 5.91 Å². The lowest BCUT2D eigenvalue weighted by atomic mass is 9.62. The molecule has 172 valence electrons. The van der Waals surface area contributed by atoms with Crippen molar-refractivity contribution in [3.8, 4) is 5.75 Å². The number of benzene rings is 2. The summed E-state index contributed by atoms with van der Waals surface area (Å²) in [6.07, 6.45) is 0.828. The molecule has 0 radical (unpaired) electrons. The van der Waals surface area contributed by atoms with Crippen LogP contribution in [0.2, 0.25) is 0 Å². The van der Waals surface area contributed by atoms with E-state index in [9.17, 15) is 14.4 Å². The van der Waals surface area contributed by atoms with E-state index in [4.69, 9.17) is 4.74 Å². The number of piperidine rings is 1. The molecular formula is C25H26FN3O4. The van der Waals surface area contributed by atoms with Crippen molar-refractivity contribution in [3.05, 3.63) is 53.8 Å². The second kappa shape index (κ2) is 7.57. The number of rotatable bonds is 2. The molecule has 0 saturated carbocycles. The molecule has 2 aromatic carbocycles. The average Bonchev–Trinajstić information content (AvgIpc) is 2.77. The second-order valence-electron chi connectivity index (χ2n) is 9.41. The number of ether oxygens (including phenoxy) is 1. The van der Waals surface area contributed by atoms with Gasteiger partial charge in [-0.3, -0.25) is 14.9 Å². The number of hydrogen-bond donors (Lipinski definition) is 1. The number of hydrogen-bond acceptors (Lipinski definition) is 5. The van der Waals surface area contributed by atoms with E-state index >= 15 is 4.39 Å². The Kier molecular flexibility index (Phi) is 4.92. The number of nitrogens with one attached hydrogen (secondary N) is 1. The SMILES string of the molecule is COc1ccc(N2C(=O)NC(=O)[C@]3(Cc4cccc(F)c4N4C[C@H](C)C[C@@H](C)[C@@H]43)C2=O)cc1. The first kappa shape index (κ1) is 21.4. The lowest BCUT2D eigenvalue weighted by Gasteiger charge is -2.56. The van der Waals surface area contributed by atoms with Crippen molar-refractivity contribution < 1.29 is 23.5 Å². The highest BCUT2D eigenvalue weighted by Crippen LogP contribution is 2.51. The van der Waals surface area contributed by atoms with Gasteiger partial charge in [-0.15, -0.1) is 0 Å². The van der Waals surface area contributed by atoms with E-state index in [2.05, 4.69) is 12.2 Å². The molecule has 4 amide bonds. The van der Waals surface area contributed by atoms with Crippen molar-refractivity contribution in [3.63, 3.8) is 0 Å². The molecule has 0 bridgehead atoms. The van der Waals surface area contributed by atoms with Crippen molar-refractivity contribution in [2.24, 2.45) is 17.3 Å². The highest BCUT2D eigenvalue weighted by molar-refractivity contribution is 6.30.